The molecule has 2 aromatic carbocycles. The normalized spacial score (nSPS) is 9.65. The molecule has 0 fully saturated rings. The Labute approximate surface area is 115 Å². The van der Waals surface area contributed by atoms with Gasteiger partial charge in [0.1, 0.15) is 11.6 Å². The van der Waals surface area contributed by atoms with Gasteiger partial charge in [-0.2, -0.15) is 5.26 Å². The molecule has 0 spiro atoms. The average Bonchev–Trinajstić information content (AvgIpc) is 2.48. The van der Waals surface area contributed by atoms with E-state index in [0.29, 0.717) is 17.0 Å². The molecule has 0 heterocycles. The molecular formula is C15H11FN2O2. The minimum absolute atomic E-state index is 0.0566. The lowest BCUT2D eigenvalue weighted by atomic mass is 10.1. The molecule has 2 rings (SSSR count). The van der Waals surface area contributed by atoms with Gasteiger partial charge < -0.3 is 10.1 Å². The van der Waals surface area contributed by atoms with Crippen LogP contribution < -0.4 is 10.1 Å². The molecule has 0 saturated heterocycles. The van der Waals surface area contributed by atoms with Crippen molar-refractivity contribution >= 4 is 11.6 Å². The van der Waals surface area contributed by atoms with Crippen molar-refractivity contribution in [2.45, 2.75) is 0 Å². The molecule has 0 aliphatic heterocycles. The summed E-state index contributed by atoms with van der Waals surface area (Å²) in [4.78, 5) is 12.0. The SMILES string of the molecule is COc1cc(C#N)ccc1NC(=O)c1ccccc1F. The first-order chi connectivity index (χ1) is 9.65. The van der Waals surface area contributed by atoms with E-state index in [0.717, 1.165) is 0 Å². The quantitative estimate of drug-likeness (QED) is 0.932. The summed E-state index contributed by atoms with van der Waals surface area (Å²) >= 11 is 0. The van der Waals surface area contributed by atoms with Gasteiger partial charge in [-0.3, -0.25) is 4.79 Å². The summed E-state index contributed by atoms with van der Waals surface area (Å²) in [5.41, 5.74) is 0.726. The lowest BCUT2D eigenvalue weighted by Gasteiger charge is -2.10. The lowest BCUT2D eigenvalue weighted by Crippen LogP contribution is -2.14. The largest absolute Gasteiger partial charge is 0.495 e. The highest BCUT2D eigenvalue weighted by atomic mass is 19.1. The van der Waals surface area contributed by atoms with E-state index < -0.39 is 11.7 Å². The molecule has 1 amide bonds. The van der Waals surface area contributed by atoms with Gasteiger partial charge >= 0.3 is 0 Å². The molecule has 0 radical (unpaired) electrons. The van der Waals surface area contributed by atoms with Crippen LogP contribution in [-0.2, 0) is 0 Å². The molecule has 0 aromatic heterocycles. The zero-order valence-electron chi connectivity index (χ0n) is 10.7. The highest BCUT2D eigenvalue weighted by Crippen LogP contribution is 2.26. The van der Waals surface area contributed by atoms with Crippen molar-refractivity contribution in [3.05, 3.63) is 59.4 Å². The number of nitriles is 1. The fraction of sp³-hybridized carbons (Fsp3) is 0.0667. The zero-order valence-corrected chi connectivity index (χ0v) is 10.7. The van der Waals surface area contributed by atoms with Crippen LogP contribution in [0.2, 0.25) is 0 Å². The van der Waals surface area contributed by atoms with Crippen molar-refractivity contribution in [3.63, 3.8) is 0 Å². The number of nitrogens with zero attached hydrogens (tertiary/aromatic N) is 1. The Balaban J connectivity index is 2.29. The molecule has 4 nitrogen and oxygen atoms in total. The van der Waals surface area contributed by atoms with E-state index in [9.17, 15) is 9.18 Å². The summed E-state index contributed by atoms with van der Waals surface area (Å²) in [7, 11) is 1.43. The molecule has 0 atom stereocenters. The van der Waals surface area contributed by atoms with Crippen molar-refractivity contribution in [1.82, 2.24) is 0 Å². The van der Waals surface area contributed by atoms with Gasteiger partial charge in [-0.05, 0) is 24.3 Å². The molecule has 0 unspecified atom stereocenters. The van der Waals surface area contributed by atoms with Gasteiger partial charge in [0.15, 0.2) is 0 Å². The first kappa shape index (κ1) is 13.6. The number of carbonyl (C=O) groups excluding carboxylic acids is 1. The van der Waals surface area contributed by atoms with Crippen LogP contribution >= 0.6 is 0 Å². The predicted octanol–water partition coefficient (Wildman–Crippen LogP) is 2.96. The molecule has 20 heavy (non-hydrogen) atoms. The summed E-state index contributed by atoms with van der Waals surface area (Å²) in [6.07, 6.45) is 0. The van der Waals surface area contributed by atoms with E-state index in [2.05, 4.69) is 5.32 Å². The van der Waals surface area contributed by atoms with Crippen molar-refractivity contribution in [2.75, 3.05) is 12.4 Å². The number of hydrogen-bond acceptors (Lipinski definition) is 3. The second-order valence-corrected chi connectivity index (χ2v) is 3.96. The van der Waals surface area contributed by atoms with E-state index >= 15 is 0 Å². The van der Waals surface area contributed by atoms with E-state index in [1.165, 1.54) is 37.4 Å². The number of rotatable bonds is 3. The van der Waals surface area contributed by atoms with Crippen molar-refractivity contribution in [1.29, 1.82) is 5.26 Å². The minimum Gasteiger partial charge on any atom is -0.495 e. The highest BCUT2D eigenvalue weighted by molar-refractivity contribution is 6.05. The number of ether oxygens (including phenoxy) is 1. The van der Waals surface area contributed by atoms with Crippen LogP contribution in [0.5, 0.6) is 5.75 Å². The number of hydrogen-bond donors (Lipinski definition) is 1. The minimum atomic E-state index is -0.599. The van der Waals surface area contributed by atoms with Crippen LogP contribution in [0.3, 0.4) is 0 Å². The first-order valence-corrected chi connectivity index (χ1v) is 5.79. The molecule has 100 valence electrons. The number of benzene rings is 2. The van der Waals surface area contributed by atoms with Crippen LogP contribution in [0.1, 0.15) is 15.9 Å². The van der Waals surface area contributed by atoms with E-state index in [1.807, 2.05) is 6.07 Å². The van der Waals surface area contributed by atoms with Crippen LogP contribution in [0.4, 0.5) is 10.1 Å². The van der Waals surface area contributed by atoms with Crippen LogP contribution in [-0.4, -0.2) is 13.0 Å². The zero-order chi connectivity index (χ0) is 14.5. The third-order valence-electron chi connectivity index (χ3n) is 2.70. The Morgan fingerprint density at radius 1 is 1.30 bits per heavy atom. The molecular weight excluding hydrogens is 259 g/mol. The highest BCUT2D eigenvalue weighted by Gasteiger charge is 2.13. The Bertz CT molecular complexity index is 693. The van der Waals surface area contributed by atoms with Gasteiger partial charge in [0.05, 0.1) is 30.0 Å². The number of amides is 1. The smallest absolute Gasteiger partial charge is 0.258 e. The molecule has 0 saturated carbocycles. The van der Waals surface area contributed by atoms with Crippen molar-refractivity contribution < 1.29 is 13.9 Å². The summed E-state index contributed by atoms with van der Waals surface area (Å²) in [5.74, 6) is -0.836. The van der Waals surface area contributed by atoms with E-state index in [4.69, 9.17) is 10.00 Å². The molecule has 0 bridgehead atoms. The van der Waals surface area contributed by atoms with Gasteiger partial charge in [0.25, 0.3) is 5.91 Å². The van der Waals surface area contributed by atoms with Gasteiger partial charge in [0.2, 0.25) is 0 Å². The summed E-state index contributed by atoms with van der Waals surface area (Å²) in [6, 6.07) is 12.2. The van der Waals surface area contributed by atoms with E-state index in [1.54, 1.807) is 12.1 Å². The first-order valence-electron chi connectivity index (χ1n) is 5.79. The second kappa shape index (κ2) is 5.85. The number of methoxy groups -OCH3 is 1. The predicted molar refractivity (Wildman–Crippen MR) is 72.1 cm³/mol. The lowest BCUT2D eigenvalue weighted by molar-refractivity contribution is 0.102. The Morgan fingerprint density at radius 2 is 2.05 bits per heavy atom. The van der Waals surface area contributed by atoms with Crippen molar-refractivity contribution in [2.24, 2.45) is 0 Å². The number of nitrogens with one attached hydrogen (secondary N) is 1. The molecule has 0 aliphatic carbocycles. The molecule has 0 aliphatic rings. The van der Waals surface area contributed by atoms with E-state index in [-0.39, 0.29) is 5.56 Å². The fourth-order valence-electron chi connectivity index (χ4n) is 1.70. The van der Waals surface area contributed by atoms with Crippen LogP contribution in [0.25, 0.3) is 0 Å². The number of anilines is 1. The summed E-state index contributed by atoms with van der Waals surface area (Å²) < 4.78 is 18.6. The third-order valence-corrected chi connectivity index (χ3v) is 2.70. The fourth-order valence-corrected chi connectivity index (χ4v) is 1.70. The third kappa shape index (κ3) is 2.75. The summed E-state index contributed by atoms with van der Waals surface area (Å²) in [5, 5.41) is 11.4. The monoisotopic (exact) mass is 270 g/mol. The van der Waals surface area contributed by atoms with Gasteiger partial charge in [0, 0.05) is 6.07 Å². The van der Waals surface area contributed by atoms with Gasteiger partial charge in [-0.25, -0.2) is 4.39 Å². The summed E-state index contributed by atoms with van der Waals surface area (Å²) in [6.45, 7) is 0. The molecule has 2 aromatic rings. The maximum atomic E-state index is 13.5. The Hall–Kier alpha value is -2.87. The maximum Gasteiger partial charge on any atom is 0.258 e. The topological polar surface area (TPSA) is 62.1 Å². The van der Waals surface area contributed by atoms with Gasteiger partial charge in [-0.15, -0.1) is 0 Å². The van der Waals surface area contributed by atoms with Gasteiger partial charge in [-0.1, -0.05) is 12.1 Å². The second-order valence-electron chi connectivity index (χ2n) is 3.96. The van der Waals surface area contributed by atoms with Crippen LogP contribution in [0, 0.1) is 17.1 Å². The maximum absolute atomic E-state index is 13.5. The standard InChI is InChI=1S/C15H11FN2O2/c1-20-14-8-10(9-17)6-7-13(14)18-15(19)11-4-2-3-5-12(11)16/h2-8H,1H3,(H,18,19). The van der Waals surface area contributed by atoms with Crippen LogP contribution in [0.15, 0.2) is 42.5 Å². The van der Waals surface area contributed by atoms with Crippen molar-refractivity contribution in [3.8, 4) is 11.8 Å². The Kier molecular flexibility index (Phi) is 3.96. The Morgan fingerprint density at radius 3 is 2.70 bits per heavy atom. The average molecular weight is 270 g/mol. The number of carbonyl (C=O) groups is 1. The molecule has 1 N–H and O–H groups in total. The number of halogens is 1. The molecule has 5 heteroatoms.